The summed E-state index contributed by atoms with van der Waals surface area (Å²) in [5.41, 5.74) is 3.72. The van der Waals surface area contributed by atoms with Crippen LogP contribution in [0.5, 0.6) is 5.75 Å². The maximum Gasteiger partial charge on any atom is 0.415 e. The first-order chi connectivity index (χ1) is 16.6. The Hall–Kier alpha value is -2.43. The van der Waals surface area contributed by atoms with Crippen LogP contribution in [0.4, 0.5) is 9.18 Å². The van der Waals surface area contributed by atoms with Gasteiger partial charge in [0, 0.05) is 43.9 Å². The van der Waals surface area contributed by atoms with Crippen LogP contribution in [0, 0.1) is 5.82 Å². The van der Waals surface area contributed by atoms with Crippen molar-refractivity contribution in [2.75, 3.05) is 39.3 Å². The van der Waals surface area contributed by atoms with Gasteiger partial charge in [0.15, 0.2) is 5.17 Å². The summed E-state index contributed by atoms with van der Waals surface area (Å²) < 4.78 is 19.7. The van der Waals surface area contributed by atoms with Gasteiger partial charge >= 0.3 is 6.09 Å². The SMILES string of the molecule is O=C1N=C(N2CCCCN2)S/C1=C\c1ccc(F)cc1OC(=O)N1CC[C@H](N2CCCCC2)C1. The minimum Gasteiger partial charge on any atom is -0.409 e. The third-order valence-corrected chi connectivity index (χ3v) is 7.75. The standard InChI is InChI=1S/C24H30FN5O3S/c25-18-7-6-17(14-21-22(31)27-23(34-21)30-12-5-2-9-26-30)20(15-18)33-24(32)29-13-8-19(16-29)28-10-3-1-4-11-28/h6-7,14-15,19,26H,1-5,8-13,16H2/b21-14-/t19-/m0/s1. The zero-order valence-corrected chi connectivity index (χ0v) is 20.0. The first-order valence-corrected chi connectivity index (χ1v) is 12.9. The molecule has 182 valence electrons. The number of carbonyl (C=O) groups is 2. The van der Waals surface area contributed by atoms with Gasteiger partial charge in [0.1, 0.15) is 11.6 Å². The highest BCUT2D eigenvalue weighted by Gasteiger charge is 2.32. The number of hydrazine groups is 1. The van der Waals surface area contributed by atoms with Crippen LogP contribution in [0.3, 0.4) is 0 Å². The van der Waals surface area contributed by atoms with E-state index in [1.807, 2.05) is 5.01 Å². The molecule has 1 aromatic carbocycles. The van der Waals surface area contributed by atoms with E-state index < -0.39 is 11.9 Å². The second-order valence-electron chi connectivity index (χ2n) is 9.11. The van der Waals surface area contributed by atoms with Crippen molar-refractivity contribution in [2.45, 2.75) is 44.6 Å². The Kier molecular flexibility index (Phi) is 7.17. The van der Waals surface area contributed by atoms with Gasteiger partial charge in [-0.1, -0.05) is 6.42 Å². The number of hydrogen-bond donors (Lipinski definition) is 1. The lowest BCUT2D eigenvalue weighted by atomic mass is 10.1. The summed E-state index contributed by atoms with van der Waals surface area (Å²) >= 11 is 1.27. The second kappa shape index (κ2) is 10.5. The molecular weight excluding hydrogens is 457 g/mol. The summed E-state index contributed by atoms with van der Waals surface area (Å²) in [6.45, 7) is 5.05. The number of nitrogens with one attached hydrogen (secondary N) is 1. The molecule has 4 aliphatic heterocycles. The summed E-state index contributed by atoms with van der Waals surface area (Å²) in [6, 6.07) is 4.37. The highest BCUT2D eigenvalue weighted by atomic mass is 32.2. The number of aliphatic imine (C=N–C) groups is 1. The Balaban J connectivity index is 1.26. The molecule has 34 heavy (non-hydrogen) atoms. The summed E-state index contributed by atoms with van der Waals surface area (Å²) in [5.74, 6) is -0.743. The fraction of sp³-hybridized carbons (Fsp3) is 0.542. The van der Waals surface area contributed by atoms with E-state index in [4.69, 9.17) is 4.74 Å². The van der Waals surface area contributed by atoms with Gasteiger partial charge in [-0.2, -0.15) is 4.99 Å². The number of amides is 2. The first kappa shape index (κ1) is 23.3. The molecule has 0 radical (unpaired) electrons. The number of rotatable bonds is 3. The molecule has 2 amide bonds. The summed E-state index contributed by atoms with van der Waals surface area (Å²) in [7, 11) is 0. The number of halogens is 1. The predicted molar refractivity (Wildman–Crippen MR) is 130 cm³/mol. The molecule has 0 bridgehead atoms. The van der Waals surface area contributed by atoms with Crippen LogP contribution in [0.15, 0.2) is 28.1 Å². The van der Waals surface area contributed by atoms with E-state index in [2.05, 4.69) is 15.3 Å². The summed E-state index contributed by atoms with van der Waals surface area (Å²) in [4.78, 5) is 34.1. The van der Waals surface area contributed by atoms with E-state index >= 15 is 0 Å². The molecule has 4 heterocycles. The van der Waals surface area contributed by atoms with Gasteiger partial charge in [0.2, 0.25) is 0 Å². The molecule has 3 saturated heterocycles. The van der Waals surface area contributed by atoms with Gasteiger partial charge in [-0.3, -0.25) is 14.7 Å². The molecule has 0 aliphatic carbocycles. The molecule has 5 rings (SSSR count). The average Bonchev–Trinajstić information content (AvgIpc) is 3.49. The van der Waals surface area contributed by atoms with Crippen LogP contribution in [-0.2, 0) is 4.79 Å². The van der Waals surface area contributed by atoms with Crippen molar-refractivity contribution in [3.63, 3.8) is 0 Å². The van der Waals surface area contributed by atoms with Crippen molar-refractivity contribution < 1.29 is 18.7 Å². The van der Waals surface area contributed by atoms with Gasteiger partial charge in [0.05, 0.1) is 4.91 Å². The minimum atomic E-state index is -0.502. The van der Waals surface area contributed by atoms with E-state index in [9.17, 15) is 14.0 Å². The maximum absolute atomic E-state index is 14.0. The number of thioether (sulfide) groups is 1. The zero-order valence-electron chi connectivity index (χ0n) is 19.2. The molecule has 8 nitrogen and oxygen atoms in total. The summed E-state index contributed by atoms with van der Waals surface area (Å²) in [5, 5.41) is 2.50. The highest BCUT2D eigenvalue weighted by molar-refractivity contribution is 8.18. The van der Waals surface area contributed by atoms with Crippen LogP contribution in [-0.4, -0.2) is 77.3 Å². The number of benzene rings is 1. The third-order valence-electron chi connectivity index (χ3n) is 6.74. The van der Waals surface area contributed by atoms with Crippen LogP contribution < -0.4 is 10.2 Å². The van der Waals surface area contributed by atoms with Crippen LogP contribution >= 0.6 is 11.8 Å². The molecule has 4 aliphatic rings. The smallest absolute Gasteiger partial charge is 0.409 e. The van der Waals surface area contributed by atoms with Crippen molar-refractivity contribution in [2.24, 2.45) is 4.99 Å². The van der Waals surface area contributed by atoms with Crippen LogP contribution in [0.25, 0.3) is 6.08 Å². The Morgan fingerprint density at radius 1 is 1.15 bits per heavy atom. The Bertz CT molecular complexity index is 1000. The second-order valence-corrected chi connectivity index (χ2v) is 10.1. The van der Waals surface area contributed by atoms with E-state index in [-0.39, 0.29) is 11.7 Å². The minimum absolute atomic E-state index is 0.108. The monoisotopic (exact) mass is 487 g/mol. The number of likely N-dealkylation sites (tertiary alicyclic amines) is 2. The molecule has 0 aromatic heterocycles. The molecule has 1 N–H and O–H groups in total. The molecular formula is C24H30FN5O3S. The van der Waals surface area contributed by atoms with Crippen molar-refractivity contribution in [3.8, 4) is 5.75 Å². The van der Waals surface area contributed by atoms with E-state index in [1.54, 1.807) is 11.0 Å². The van der Waals surface area contributed by atoms with E-state index in [0.29, 0.717) is 34.8 Å². The number of amidine groups is 1. The maximum atomic E-state index is 14.0. The van der Waals surface area contributed by atoms with Gasteiger partial charge < -0.3 is 9.64 Å². The third kappa shape index (κ3) is 5.29. The van der Waals surface area contributed by atoms with E-state index in [1.165, 1.54) is 49.2 Å². The van der Waals surface area contributed by atoms with Crippen molar-refractivity contribution in [1.29, 1.82) is 0 Å². The van der Waals surface area contributed by atoms with Crippen molar-refractivity contribution in [3.05, 3.63) is 34.5 Å². The van der Waals surface area contributed by atoms with Gasteiger partial charge in [-0.25, -0.2) is 14.6 Å². The molecule has 10 heteroatoms. The quantitative estimate of drug-likeness (QED) is 0.655. The molecule has 1 atom stereocenters. The predicted octanol–water partition coefficient (Wildman–Crippen LogP) is 3.46. The van der Waals surface area contributed by atoms with Crippen LogP contribution in [0.2, 0.25) is 0 Å². The van der Waals surface area contributed by atoms with Crippen LogP contribution in [0.1, 0.15) is 44.1 Å². The molecule has 0 spiro atoms. The molecule has 3 fully saturated rings. The number of carbonyl (C=O) groups excluding carboxylic acids is 2. The fourth-order valence-electron chi connectivity index (χ4n) is 4.87. The fourth-order valence-corrected chi connectivity index (χ4v) is 5.78. The van der Waals surface area contributed by atoms with Gasteiger partial charge in [0.25, 0.3) is 5.91 Å². The first-order valence-electron chi connectivity index (χ1n) is 12.1. The summed E-state index contributed by atoms with van der Waals surface area (Å²) in [6.07, 6.45) is 7.87. The number of piperidine rings is 1. The number of hydrogen-bond acceptors (Lipinski definition) is 7. The Labute approximate surface area is 203 Å². The van der Waals surface area contributed by atoms with Gasteiger partial charge in [-0.15, -0.1) is 0 Å². The number of nitrogens with zero attached hydrogens (tertiary/aromatic N) is 4. The highest BCUT2D eigenvalue weighted by Crippen LogP contribution is 2.33. The zero-order chi connectivity index (χ0) is 23.5. The van der Waals surface area contributed by atoms with E-state index in [0.717, 1.165) is 45.4 Å². The lowest BCUT2D eigenvalue weighted by Crippen LogP contribution is -2.45. The average molecular weight is 488 g/mol. The number of ether oxygens (including phenoxy) is 1. The lowest BCUT2D eigenvalue weighted by Gasteiger charge is -2.32. The largest absolute Gasteiger partial charge is 0.415 e. The van der Waals surface area contributed by atoms with Crippen molar-refractivity contribution in [1.82, 2.24) is 20.2 Å². The topological polar surface area (TPSA) is 77.5 Å². The lowest BCUT2D eigenvalue weighted by molar-refractivity contribution is -0.113. The molecule has 0 saturated carbocycles. The normalized spacial score (nSPS) is 25.2. The molecule has 0 unspecified atom stereocenters. The van der Waals surface area contributed by atoms with Crippen molar-refractivity contribution >= 4 is 35.0 Å². The Morgan fingerprint density at radius 3 is 2.76 bits per heavy atom. The van der Waals surface area contributed by atoms with Gasteiger partial charge in [-0.05, 0) is 75.2 Å². The Morgan fingerprint density at radius 2 is 1.97 bits per heavy atom. The molecule has 1 aromatic rings.